The molecule has 0 spiro atoms. The predicted molar refractivity (Wildman–Crippen MR) is 35.4 cm³/mol. The van der Waals surface area contributed by atoms with Gasteiger partial charge in [-0.2, -0.15) is 5.92 Å². The van der Waals surface area contributed by atoms with Gasteiger partial charge in [0.15, 0.2) is 0 Å². The summed E-state index contributed by atoms with van der Waals surface area (Å²) in [6.07, 6.45) is 9.95. The Morgan fingerprint density at radius 3 is 2.00 bits per heavy atom. The van der Waals surface area contributed by atoms with Crippen molar-refractivity contribution in [3.05, 3.63) is 12.7 Å². The monoisotopic (exact) mass is 194 g/mol. The molecular formula is C8H13Rb. The van der Waals surface area contributed by atoms with Gasteiger partial charge < -0.3 is 6.08 Å². The van der Waals surface area contributed by atoms with Crippen LogP contribution in [0.15, 0.2) is 6.58 Å². The summed E-state index contributed by atoms with van der Waals surface area (Å²) in [5.41, 5.74) is 0. The minimum atomic E-state index is 0. The number of hydrogen-bond acceptors (Lipinski definition) is 0. The van der Waals surface area contributed by atoms with Crippen LogP contribution in [-0.4, -0.2) is 0 Å². The first-order valence-corrected chi connectivity index (χ1v) is 3.46. The molecule has 1 rings (SSSR count). The summed E-state index contributed by atoms with van der Waals surface area (Å²) < 4.78 is 0. The minimum Gasteiger partial charge on any atom is -0.501 e. The quantitative estimate of drug-likeness (QED) is 0.497. The van der Waals surface area contributed by atoms with E-state index >= 15 is 0 Å². The fraction of sp³-hybridized carbons (Fsp3) is 0.750. The van der Waals surface area contributed by atoms with Gasteiger partial charge in [-0.3, -0.25) is 6.58 Å². The molecule has 0 heterocycles. The zero-order valence-corrected chi connectivity index (χ0v) is 11.2. The third kappa shape index (κ3) is 4.08. The van der Waals surface area contributed by atoms with E-state index in [-0.39, 0.29) is 58.2 Å². The molecule has 0 aromatic heterocycles. The fourth-order valence-electron chi connectivity index (χ4n) is 1.31. The van der Waals surface area contributed by atoms with Gasteiger partial charge in [0, 0.05) is 0 Å². The molecule has 0 radical (unpaired) electrons. The van der Waals surface area contributed by atoms with Crippen LogP contribution >= 0.6 is 0 Å². The van der Waals surface area contributed by atoms with Gasteiger partial charge in [-0.1, -0.05) is 32.1 Å². The van der Waals surface area contributed by atoms with Crippen LogP contribution in [0.4, 0.5) is 0 Å². The van der Waals surface area contributed by atoms with E-state index in [1.54, 1.807) is 0 Å². The molecule has 1 aliphatic carbocycles. The van der Waals surface area contributed by atoms with Crippen LogP contribution < -0.4 is 58.2 Å². The molecule has 0 bridgehead atoms. The summed E-state index contributed by atoms with van der Waals surface area (Å²) in [5, 5.41) is 0. The van der Waals surface area contributed by atoms with Crippen LogP contribution in [0.3, 0.4) is 0 Å². The van der Waals surface area contributed by atoms with Crippen molar-refractivity contribution in [1.29, 1.82) is 0 Å². The van der Waals surface area contributed by atoms with Crippen molar-refractivity contribution in [3.63, 3.8) is 0 Å². The first kappa shape index (κ1) is 10.5. The van der Waals surface area contributed by atoms with Gasteiger partial charge >= 0.3 is 58.2 Å². The van der Waals surface area contributed by atoms with E-state index in [0.29, 0.717) is 0 Å². The van der Waals surface area contributed by atoms with E-state index in [0.717, 1.165) is 5.92 Å². The van der Waals surface area contributed by atoms with Crippen molar-refractivity contribution in [3.8, 4) is 0 Å². The van der Waals surface area contributed by atoms with Crippen molar-refractivity contribution in [2.24, 2.45) is 5.92 Å². The molecule has 0 aromatic rings. The Morgan fingerprint density at radius 1 is 1.11 bits per heavy atom. The molecule has 0 aliphatic heterocycles. The summed E-state index contributed by atoms with van der Waals surface area (Å²) in [6.45, 7) is 3.66. The molecule has 1 heteroatoms. The predicted octanol–water partition coefficient (Wildman–Crippen LogP) is -0.440. The molecule has 1 saturated carbocycles. The summed E-state index contributed by atoms with van der Waals surface area (Å²) in [7, 11) is 0. The topological polar surface area (TPSA) is 0 Å². The van der Waals surface area contributed by atoms with E-state index in [1.807, 2.05) is 0 Å². The van der Waals surface area contributed by atoms with Crippen molar-refractivity contribution in [2.45, 2.75) is 32.1 Å². The molecule has 0 atom stereocenters. The number of rotatable bonds is 1. The molecule has 46 valence electrons. The molecule has 0 unspecified atom stereocenters. The van der Waals surface area contributed by atoms with Crippen LogP contribution in [0.25, 0.3) is 0 Å². The van der Waals surface area contributed by atoms with Crippen molar-refractivity contribution in [1.82, 2.24) is 0 Å². The molecule has 1 fully saturated rings. The SMILES string of the molecule is C=[C-]C1CCCCC1.[Rb+]. The maximum atomic E-state index is 3.66. The van der Waals surface area contributed by atoms with Gasteiger partial charge in [0.05, 0.1) is 0 Å². The molecule has 9 heavy (non-hydrogen) atoms. The molecule has 0 N–H and O–H groups in total. The average molecular weight is 195 g/mol. The van der Waals surface area contributed by atoms with E-state index in [9.17, 15) is 0 Å². The normalized spacial score (nSPS) is 20.4. The van der Waals surface area contributed by atoms with Gasteiger partial charge in [0.1, 0.15) is 0 Å². The Morgan fingerprint density at radius 2 is 1.67 bits per heavy atom. The second-order valence-electron chi connectivity index (χ2n) is 2.54. The summed E-state index contributed by atoms with van der Waals surface area (Å²) >= 11 is 0. The van der Waals surface area contributed by atoms with E-state index in [4.69, 9.17) is 0 Å². The summed E-state index contributed by atoms with van der Waals surface area (Å²) in [4.78, 5) is 0. The smallest absolute Gasteiger partial charge is 0.501 e. The number of allylic oxidation sites excluding steroid dienone is 1. The van der Waals surface area contributed by atoms with Crippen LogP contribution in [0.5, 0.6) is 0 Å². The van der Waals surface area contributed by atoms with Crippen molar-refractivity contribution >= 4 is 0 Å². The zero-order chi connectivity index (χ0) is 5.82. The van der Waals surface area contributed by atoms with Gasteiger partial charge in [0.25, 0.3) is 0 Å². The maximum absolute atomic E-state index is 3.66. The van der Waals surface area contributed by atoms with E-state index < -0.39 is 0 Å². The second-order valence-corrected chi connectivity index (χ2v) is 2.54. The third-order valence-corrected chi connectivity index (χ3v) is 1.89. The Hall–Kier alpha value is 1.55. The standard InChI is InChI=1S/C8H13.Rb/c1-2-8-6-4-3-5-7-8;/h8H,1,3-7H2;/q-1;+1. The van der Waals surface area contributed by atoms with E-state index in [2.05, 4.69) is 12.7 Å². The van der Waals surface area contributed by atoms with Gasteiger partial charge in [-0.05, 0) is 0 Å². The van der Waals surface area contributed by atoms with Crippen LogP contribution in [0.2, 0.25) is 0 Å². The van der Waals surface area contributed by atoms with Gasteiger partial charge in [-0.15, -0.1) is 0 Å². The first-order chi connectivity index (χ1) is 3.93. The van der Waals surface area contributed by atoms with Crippen molar-refractivity contribution in [2.75, 3.05) is 0 Å². The Labute approximate surface area is 107 Å². The first-order valence-electron chi connectivity index (χ1n) is 3.46. The van der Waals surface area contributed by atoms with Gasteiger partial charge in [0.2, 0.25) is 0 Å². The van der Waals surface area contributed by atoms with E-state index in [1.165, 1.54) is 32.1 Å². The summed E-state index contributed by atoms with van der Waals surface area (Å²) in [5.74, 6) is 0.726. The van der Waals surface area contributed by atoms with Crippen LogP contribution in [0, 0.1) is 12.0 Å². The molecule has 0 nitrogen and oxygen atoms in total. The molecule has 1 aliphatic rings. The molecule has 0 amide bonds. The Kier molecular flexibility index (Phi) is 7.34. The molecule has 0 aromatic carbocycles. The fourth-order valence-corrected chi connectivity index (χ4v) is 1.31. The van der Waals surface area contributed by atoms with Crippen LogP contribution in [0.1, 0.15) is 32.1 Å². The molecular weight excluding hydrogens is 182 g/mol. The Bertz CT molecular complexity index is 72.6. The van der Waals surface area contributed by atoms with Crippen molar-refractivity contribution < 1.29 is 58.2 Å². The third-order valence-electron chi connectivity index (χ3n) is 1.89. The minimum absolute atomic E-state index is 0. The van der Waals surface area contributed by atoms with Crippen LogP contribution in [-0.2, 0) is 0 Å². The average Bonchev–Trinajstić information content (AvgIpc) is 1.90. The maximum Gasteiger partial charge on any atom is 1.00 e. The second kappa shape index (κ2) is 6.27. The largest absolute Gasteiger partial charge is 1.00 e. The summed E-state index contributed by atoms with van der Waals surface area (Å²) in [6, 6.07) is 0. The zero-order valence-electron chi connectivity index (χ0n) is 6.32. The Balaban J connectivity index is 0.000000640. The molecule has 0 saturated heterocycles. The number of hydrogen-bond donors (Lipinski definition) is 0. The van der Waals surface area contributed by atoms with Gasteiger partial charge in [-0.25, -0.2) is 0 Å².